The summed E-state index contributed by atoms with van der Waals surface area (Å²) in [6.07, 6.45) is 7.40. The molecule has 19 heavy (non-hydrogen) atoms. The van der Waals surface area contributed by atoms with Crippen LogP contribution in [0, 0.1) is 0 Å². The summed E-state index contributed by atoms with van der Waals surface area (Å²) in [7, 11) is 0. The molecule has 0 aromatic carbocycles. The molecule has 0 spiro atoms. The minimum absolute atomic E-state index is 0.0125. The number of rotatable bonds is 5. The molecule has 2 aliphatic rings. The quantitative estimate of drug-likeness (QED) is 0.713. The van der Waals surface area contributed by atoms with Gasteiger partial charge in [0, 0.05) is 13.1 Å². The number of ether oxygens (including phenoxy) is 1. The predicted molar refractivity (Wildman–Crippen MR) is 76.1 cm³/mol. The number of esters is 1. The van der Waals surface area contributed by atoms with Gasteiger partial charge in [-0.3, -0.25) is 9.69 Å². The van der Waals surface area contributed by atoms with E-state index in [1.165, 1.54) is 38.8 Å². The van der Waals surface area contributed by atoms with Crippen molar-refractivity contribution in [1.82, 2.24) is 9.80 Å². The first-order chi connectivity index (χ1) is 9.31. The first kappa shape index (κ1) is 14.8. The molecule has 0 N–H and O–H groups in total. The molecule has 0 saturated carbocycles. The highest BCUT2D eigenvalue weighted by atomic mass is 16.5. The van der Waals surface area contributed by atoms with Gasteiger partial charge in [0.25, 0.3) is 0 Å². The van der Waals surface area contributed by atoms with Gasteiger partial charge in [-0.15, -0.1) is 0 Å². The van der Waals surface area contributed by atoms with Crippen molar-refractivity contribution in [1.29, 1.82) is 0 Å². The van der Waals surface area contributed by atoms with Crippen molar-refractivity contribution in [2.75, 3.05) is 39.3 Å². The third-order valence-electron chi connectivity index (χ3n) is 4.32. The highest BCUT2D eigenvalue weighted by Crippen LogP contribution is 2.18. The summed E-state index contributed by atoms with van der Waals surface area (Å²) in [6, 6.07) is 0.0125. The molecule has 4 heteroatoms. The van der Waals surface area contributed by atoms with Gasteiger partial charge in [-0.1, -0.05) is 12.8 Å². The van der Waals surface area contributed by atoms with Crippen molar-refractivity contribution in [2.45, 2.75) is 51.5 Å². The number of piperidine rings is 2. The maximum absolute atomic E-state index is 12.0. The van der Waals surface area contributed by atoms with E-state index in [0.29, 0.717) is 6.61 Å². The van der Waals surface area contributed by atoms with Crippen LogP contribution in [0.15, 0.2) is 0 Å². The fourth-order valence-corrected chi connectivity index (χ4v) is 3.22. The van der Waals surface area contributed by atoms with Crippen molar-refractivity contribution in [3.05, 3.63) is 0 Å². The van der Waals surface area contributed by atoms with E-state index < -0.39 is 0 Å². The fourth-order valence-electron chi connectivity index (χ4n) is 3.22. The van der Waals surface area contributed by atoms with Gasteiger partial charge in [-0.25, -0.2) is 0 Å². The number of nitrogens with zero attached hydrogens (tertiary/aromatic N) is 2. The zero-order chi connectivity index (χ0) is 13.5. The van der Waals surface area contributed by atoms with Crippen molar-refractivity contribution in [3.8, 4) is 0 Å². The van der Waals surface area contributed by atoms with E-state index in [-0.39, 0.29) is 12.0 Å². The Balaban J connectivity index is 1.79. The minimum atomic E-state index is -0.0131. The summed E-state index contributed by atoms with van der Waals surface area (Å²) in [5.74, 6) is -0.0131. The molecule has 2 rings (SSSR count). The second-order valence-electron chi connectivity index (χ2n) is 5.70. The molecule has 1 unspecified atom stereocenters. The lowest BCUT2D eigenvalue weighted by Crippen LogP contribution is -2.48. The lowest BCUT2D eigenvalue weighted by Gasteiger charge is -2.36. The van der Waals surface area contributed by atoms with Crippen LogP contribution in [0.4, 0.5) is 0 Å². The Kier molecular flexibility index (Phi) is 6.11. The van der Waals surface area contributed by atoms with Crippen molar-refractivity contribution in [2.24, 2.45) is 0 Å². The third kappa shape index (κ3) is 4.46. The van der Waals surface area contributed by atoms with Gasteiger partial charge in [0.05, 0.1) is 6.61 Å². The predicted octanol–water partition coefficient (Wildman–Crippen LogP) is 1.89. The van der Waals surface area contributed by atoms with Crippen LogP contribution in [-0.4, -0.2) is 61.1 Å². The lowest BCUT2D eigenvalue weighted by atomic mass is 10.0. The second kappa shape index (κ2) is 7.85. The molecule has 0 bridgehead atoms. The molecule has 110 valence electrons. The van der Waals surface area contributed by atoms with Crippen LogP contribution in [0.25, 0.3) is 0 Å². The van der Waals surface area contributed by atoms with E-state index in [0.717, 1.165) is 32.5 Å². The first-order valence-electron chi connectivity index (χ1n) is 7.94. The molecular weight excluding hydrogens is 240 g/mol. The Labute approximate surface area is 117 Å². The van der Waals surface area contributed by atoms with E-state index in [4.69, 9.17) is 4.74 Å². The van der Waals surface area contributed by atoms with Gasteiger partial charge in [-0.05, 0) is 52.2 Å². The summed E-state index contributed by atoms with van der Waals surface area (Å²) in [5, 5.41) is 0. The fraction of sp³-hybridized carbons (Fsp3) is 0.933. The van der Waals surface area contributed by atoms with Gasteiger partial charge >= 0.3 is 5.97 Å². The van der Waals surface area contributed by atoms with Crippen LogP contribution in [0.1, 0.15) is 45.4 Å². The maximum atomic E-state index is 12.0. The molecule has 4 nitrogen and oxygen atoms in total. The van der Waals surface area contributed by atoms with Crippen molar-refractivity contribution >= 4 is 5.97 Å². The summed E-state index contributed by atoms with van der Waals surface area (Å²) in [5.41, 5.74) is 0. The molecule has 1 atom stereocenters. The van der Waals surface area contributed by atoms with Crippen LogP contribution in [0.5, 0.6) is 0 Å². The molecule has 2 aliphatic heterocycles. The normalized spacial score (nSPS) is 26.3. The average molecular weight is 268 g/mol. The van der Waals surface area contributed by atoms with Gasteiger partial charge in [0.1, 0.15) is 6.04 Å². The zero-order valence-corrected chi connectivity index (χ0v) is 12.3. The van der Waals surface area contributed by atoms with Crippen LogP contribution in [0.3, 0.4) is 0 Å². The van der Waals surface area contributed by atoms with Crippen molar-refractivity contribution < 1.29 is 9.53 Å². The average Bonchev–Trinajstić information content (AvgIpc) is 2.47. The summed E-state index contributed by atoms with van der Waals surface area (Å²) >= 11 is 0. The molecule has 0 radical (unpaired) electrons. The zero-order valence-electron chi connectivity index (χ0n) is 12.3. The van der Waals surface area contributed by atoms with E-state index in [1.807, 2.05) is 6.92 Å². The van der Waals surface area contributed by atoms with Gasteiger partial charge in [-0.2, -0.15) is 0 Å². The Bertz CT molecular complexity index is 277. The number of carbonyl (C=O) groups is 1. The van der Waals surface area contributed by atoms with Gasteiger partial charge in [0.15, 0.2) is 0 Å². The van der Waals surface area contributed by atoms with E-state index in [2.05, 4.69) is 9.80 Å². The largest absolute Gasteiger partial charge is 0.465 e. The Hall–Kier alpha value is -0.610. The van der Waals surface area contributed by atoms with Crippen molar-refractivity contribution in [3.63, 3.8) is 0 Å². The molecule has 0 amide bonds. The molecular formula is C15H28N2O2. The molecule has 0 aromatic rings. The smallest absolute Gasteiger partial charge is 0.323 e. The maximum Gasteiger partial charge on any atom is 0.323 e. The number of hydrogen-bond acceptors (Lipinski definition) is 4. The SMILES string of the molecule is CCOC(=O)C1CCCCN1CCN1CCCCC1. The summed E-state index contributed by atoms with van der Waals surface area (Å²) in [6.45, 7) is 8.03. The van der Waals surface area contributed by atoms with Crippen LogP contribution in [-0.2, 0) is 9.53 Å². The third-order valence-corrected chi connectivity index (χ3v) is 4.32. The summed E-state index contributed by atoms with van der Waals surface area (Å²) < 4.78 is 5.21. The Morgan fingerprint density at radius 3 is 2.53 bits per heavy atom. The van der Waals surface area contributed by atoms with E-state index >= 15 is 0 Å². The summed E-state index contributed by atoms with van der Waals surface area (Å²) in [4.78, 5) is 16.9. The van der Waals surface area contributed by atoms with Crippen LogP contribution >= 0.6 is 0 Å². The van der Waals surface area contributed by atoms with E-state index in [1.54, 1.807) is 0 Å². The number of carbonyl (C=O) groups excluding carboxylic acids is 1. The minimum Gasteiger partial charge on any atom is -0.465 e. The Morgan fingerprint density at radius 2 is 1.79 bits per heavy atom. The first-order valence-corrected chi connectivity index (χ1v) is 7.94. The molecule has 0 aliphatic carbocycles. The highest BCUT2D eigenvalue weighted by Gasteiger charge is 2.29. The number of hydrogen-bond donors (Lipinski definition) is 0. The van der Waals surface area contributed by atoms with Gasteiger partial charge < -0.3 is 9.64 Å². The Morgan fingerprint density at radius 1 is 1.05 bits per heavy atom. The monoisotopic (exact) mass is 268 g/mol. The topological polar surface area (TPSA) is 32.8 Å². The molecule has 2 fully saturated rings. The van der Waals surface area contributed by atoms with Crippen LogP contribution in [0.2, 0.25) is 0 Å². The molecule has 2 saturated heterocycles. The molecule has 2 heterocycles. The highest BCUT2D eigenvalue weighted by molar-refractivity contribution is 5.75. The van der Waals surface area contributed by atoms with Gasteiger partial charge in [0.2, 0.25) is 0 Å². The molecule has 0 aromatic heterocycles. The van der Waals surface area contributed by atoms with Crippen LogP contribution < -0.4 is 0 Å². The lowest BCUT2D eigenvalue weighted by molar-refractivity contribution is -0.151. The number of likely N-dealkylation sites (tertiary alicyclic amines) is 2. The van der Waals surface area contributed by atoms with E-state index in [9.17, 15) is 4.79 Å². The second-order valence-corrected chi connectivity index (χ2v) is 5.70. The standard InChI is InChI=1S/C15H28N2O2/c1-2-19-15(18)14-8-4-7-11-17(14)13-12-16-9-5-3-6-10-16/h14H,2-13H2,1H3.